The van der Waals surface area contributed by atoms with Gasteiger partial charge in [-0.15, -0.1) is 11.8 Å². The van der Waals surface area contributed by atoms with Gasteiger partial charge in [0, 0.05) is 29.2 Å². The van der Waals surface area contributed by atoms with Crippen molar-refractivity contribution in [3.05, 3.63) is 65.5 Å². The minimum atomic E-state index is -0.690. The number of nitrogens with one attached hydrogen (secondary N) is 2. The Balaban J connectivity index is 1.53. The fourth-order valence-corrected chi connectivity index (χ4v) is 6.13. The normalized spacial score (nSPS) is 22.3. The monoisotopic (exact) mass is 466 g/mol. The lowest BCUT2D eigenvalue weighted by atomic mass is 9.95. The number of amides is 3. The Morgan fingerprint density at radius 1 is 1.18 bits per heavy atom. The first-order valence-corrected chi connectivity index (χ1v) is 12.2. The molecule has 3 heterocycles. The molecule has 174 valence electrons. The van der Waals surface area contributed by atoms with Crippen molar-refractivity contribution < 1.29 is 14.4 Å². The van der Waals surface area contributed by atoms with E-state index in [-0.39, 0.29) is 29.0 Å². The molecular formula is C25H30N4O3S. The molecule has 0 unspecified atom stereocenters. The number of hydrogen-bond donors (Lipinski definition) is 2. The second kappa shape index (κ2) is 9.17. The number of nitrogens with zero attached hydrogens (tertiary/aromatic N) is 2. The highest BCUT2D eigenvalue weighted by Crippen LogP contribution is 2.56. The van der Waals surface area contributed by atoms with E-state index < -0.39 is 16.8 Å². The van der Waals surface area contributed by atoms with Crippen LogP contribution < -0.4 is 10.6 Å². The molecule has 1 aromatic heterocycles. The van der Waals surface area contributed by atoms with Gasteiger partial charge in [0.25, 0.3) is 5.91 Å². The van der Waals surface area contributed by atoms with Crippen molar-refractivity contribution in [1.82, 2.24) is 20.5 Å². The predicted octanol–water partition coefficient (Wildman–Crippen LogP) is 3.28. The van der Waals surface area contributed by atoms with Crippen LogP contribution >= 0.6 is 11.8 Å². The SMILES string of the molecule is CC[C@H](C)[C@H](NC(=O)[C@@H]1N2C(=O)c3ccccc3[C@H]2SC1(C)C)C(=O)NCc1ccncc1. The number of pyridine rings is 1. The van der Waals surface area contributed by atoms with Crippen LogP contribution in [0.25, 0.3) is 0 Å². The summed E-state index contributed by atoms with van der Waals surface area (Å²) >= 11 is 1.62. The smallest absolute Gasteiger partial charge is 0.256 e. The van der Waals surface area contributed by atoms with E-state index in [2.05, 4.69) is 15.6 Å². The molecule has 0 radical (unpaired) electrons. The Bertz CT molecular complexity index is 1060. The predicted molar refractivity (Wildman–Crippen MR) is 128 cm³/mol. The Morgan fingerprint density at radius 3 is 2.58 bits per heavy atom. The van der Waals surface area contributed by atoms with Crippen LogP contribution in [0.4, 0.5) is 0 Å². The Hall–Kier alpha value is -2.87. The molecule has 0 saturated carbocycles. The summed E-state index contributed by atoms with van der Waals surface area (Å²) in [6, 6.07) is 9.84. The zero-order chi connectivity index (χ0) is 23.8. The molecule has 2 aliphatic rings. The maximum absolute atomic E-state index is 13.6. The van der Waals surface area contributed by atoms with Crippen LogP contribution in [0.5, 0.6) is 0 Å². The second-order valence-electron chi connectivity index (χ2n) is 9.22. The first-order valence-electron chi connectivity index (χ1n) is 11.3. The first kappa shape index (κ1) is 23.3. The highest BCUT2D eigenvalue weighted by atomic mass is 32.2. The van der Waals surface area contributed by atoms with E-state index in [9.17, 15) is 14.4 Å². The van der Waals surface area contributed by atoms with E-state index in [0.29, 0.717) is 12.1 Å². The van der Waals surface area contributed by atoms with Crippen molar-refractivity contribution in [1.29, 1.82) is 0 Å². The zero-order valence-corrected chi connectivity index (χ0v) is 20.2. The van der Waals surface area contributed by atoms with Gasteiger partial charge in [-0.3, -0.25) is 19.4 Å². The van der Waals surface area contributed by atoms with Crippen LogP contribution in [0.2, 0.25) is 0 Å². The molecule has 4 rings (SSSR count). The molecule has 3 amide bonds. The molecule has 7 nitrogen and oxygen atoms in total. The summed E-state index contributed by atoms with van der Waals surface area (Å²) in [6.07, 6.45) is 4.08. The van der Waals surface area contributed by atoms with Crippen LogP contribution in [-0.2, 0) is 16.1 Å². The summed E-state index contributed by atoms with van der Waals surface area (Å²) in [7, 11) is 0. The minimum Gasteiger partial charge on any atom is -0.350 e. The van der Waals surface area contributed by atoms with Gasteiger partial charge in [0.05, 0.1) is 0 Å². The molecule has 4 atom stereocenters. The van der Waals surface area contributed by atoms with E-state index in [1.54, 1.807) is 29.1 Å². The summed E-state index contributed by atoms with van der Waals surface area (Å²) in [6.45, 7) is 8.27. The Labute approximate surface area is 198 Å². The van der Waals surface area contributed by atoms with Crippen molar-refractivity contribution in [3.63, 3.8) is 0 Å². The van der Waals surface area contributed by atoms with Gasteiger partial charge in [0.2, 0.25) is 11.8 Å². The number of carbonyl (C=O) groups is 3. The molecule has 1 fully saturated rings. The summed E-state index contributed by atoms with van der Waals surface area (Å²) in [5.41, 5.74) is 2.53. The van der Waals surface area contributed by atoms with Gasteiger partial charge in [0.1, 0.15) is 17.5 Å². The van der Waals surface area contributed by atoms with Crippen molar-refractivity contribution in [2.45, 2.75) is 62.9 Å². The third-order valence-electron chi connectivity index (χ3n) is 6.55. The number of fused-ring (bicyclic) bond motifs is 3. The lowest BCUT2D eigenvalue weighted by Crippen LogP contribution is -2.58. The molecule has 2 aliphatic heterocycles. The van der Waals surface area contributed by atoms with Gasteiger partial charge >= 0.3 is 0 Å². The summed E-state index contributed by atoms with van der Waals surface area (Å²) < 4.78 is -0.495. The van der Waals surface area contributed by atoms with Crippen molar-refractivity contribution >= 4 is 29.5 Å². The van der Waals surface area contributed by atoms with Crippen LogP contribution in [0.15, 0.2) is 48.8 Å². The van der Waals surface area contributed by atoms with Crippen molar-refractivity contribution in [2.75, 3.05) is 0 Å². The van der Waals surface area contributed by atoms with E-state index in [1.807, 2.05) is 64.1 Å². The molecule has 2 aromatic rings. The maximum Gasteiger partial charge on any atom is 0.256 e. The average molecular weight is 467 g/mol. The fourth-order valence-electron chi connectivity index (χ4n) is 4.54. The highest BCUT2D eigenvalue weighted by molar-refractivity contribution is 8.01. The summed E-state index contributed by atoms with van der Waals surface area (Å²) in [5, 5.41) is 5.73. The number of rotatable bonds is 7. The third-order valence-corrected chi connectivity index (χ3v) is 8.09. The highest BCUT2D eigenvalue weighted by Gasteiger charge is 2.57. The molecule has 0 aliphatic carbocycles. The van der Waals surface area contributed by atoms with Crippen molar-refractivity contribution in [3.8, 4) is 0 Å². The van der Waals surface area contributed by atoms with E-state index in [1.165, 1.54) is 0 Å². The molecule has 8 heteroatoms. The van der Waals surface area contributed by atoms with E-state index in [0.717, 1.165) is 17.5 Å². The van der Waals surface area contributed by atoms with E-state index in [4.69, 9.17) is 0 Å². The van der Waals surface area contributed by atoms with Crippen molar-refractivity contribution in [2.24, 2.45) is 5.92 Å². The number of thioether (sulfide) groups is 1. The number of carbonyl (C=O) groups excluding carboxylic acids is 3. The largest absolute Gasteiger partial charge is 0.350 e. The summed E-state index contributed by atoms with van der Waals surface area (Å²) in [4.78, 5) is 45.6. The van der Waals surface area contributed by atoms with Gasteiger partial charge < -0.3 is 15.5 Å². The molecule has 2 N–H and O–H groups in total. The summed E-state index contributed by atoms with van der Waals surface area (Å²) in [5.74, 6) is -0.715. The van der Waals surface area contributed by atoms with Gasteiger partial charge in [0.15, 0.2) is 0 Å². The first-order chi connectivity index (χ1) is 15.7. The molecular weight excluding hydrogens is 436 g/mol. The Kier molecular flexibility index (Phi) is 6.47. The van der Waals surface area contributed by atoms with Crippen LogP contribution in [0.1, 0.15) is 61.0 Å². The second-order valence-corrected chi connectivity index (χ2v) is 11.0. The zero-order valence-electron chi connectivity index (χ0n) is 19.4. The van der Waals surface area contributed by atoms with Gasteiger partial charge in [-0.2, -0.15) is 0 Å². The maximum atomic E-state index is 13.6. The quantitative estimate of drug-likeness (QED) is 0.654. The molecule has 0 bridgehead atoms. The average Bonchev–Trinajstić information content (AvgIpc) is 3.24. The van der Waals surface area contributed by atoms with Crippen LogP contribution in [0.3, 0.4) is 0 Å². The number of aromatic nitrogens is 1. The van der Waals surface area contributed by atoms with E-state index >= 15 is 0 Å². The molecule has 1 saturated heterocycles. The standard InChI is InChI=1S/C25H30N4O3S/c1-5-15(2)19(21(30)27-14-16-10-12-26-13-11-16)28-22(31)20-25(3,4)33-24-18-9-7-6-8-17(18)23(32)29(20)24/h6-13,15,19-20,24H,5,14H2,1-4H3,(H,27,30)(H,28,31)/t15-,19-,20-,24+/m0/s1. The molecule has 33 heavy (non-hydrogen) atoms. The number of hydrogen-bond acceptors (Lipinski definition) is 5. The minimum absolute atomic E-state index is 0.0640. The third kappa shape index (κ3) is 4.36. The van der Waals surface area contributed by atoms with Gasteiger partial charge in [-0.05, 0) is 49.1 Å². The van der Waals surface area contributed by atoms with Crippen LogP contribution in [0, 0.1) is 5.92 Å². The fraction of sp³-hybridized carbons (Fsp3) is 0.440. The topological polar surface area (TPSA) is 91.4 Å². The lowest BCUT2D eigenvalue weighted by molar-refractivity contribution is -0.133. The van der Waals surface area contributed by atoms with Crippen LogP contribution in [-0.4, -0.2) is 44.4 Å². The van der Waals surface area contributed by atoms with Gasteiger partial charge in [-0.1, -0.05) is 38.5 Å². The van der Waals surface area contributed by atoms with Gasteiger partial charge in [-0.25, -0.2) is 0 Å². The molecule has 1 aromatic carbocycles. The Morgan fingerprint density at radius 2 is 1.88 bits per heavy atom. The lowest BCUT2D eigenvalue weighted by Gasteiger charge is -2.32. The molecule has 0 spiro atoms. The number of benzene rings is 1.